The number of primary amides is 1. The molecule has 36 heavy (non-hydrogen) atoms. The van der Waals surface area contributed by atoms with E-state index in [1.807, 2.05) is 0 Å². The van der Waals surface area contributed by atoms with Crippen molar-refractivity contribution < 1.29 is 54.5 Å². The zero-order valence-electron chi connectivity index (χ0n) is 19.1. The molecular formula is C23H23N2O11+. The number of nitrogens with zero attached hydrogens (tertiary/aromatic N) is 1. The van der Waals surface area contributed by atoms with E-state index in [2.05, 4.69) is 0 Å². The van der Waals surface area contributed by atoms with E-state index in [4.69, 9.17) is 10.5 Å². The predicted octanol–water partition coefficient (Wildman–Crippen LogP) is 0.873. The SMILES string of the molecule is CCC(=O)O[C@H]1[C@H]2C(=C(O)[C@]3(O)C(=O)C(C(N)=O)=C(O)C[C@H]13)C(=O)c1c(ccc([N+](=O)O)c1O)[C@@H]2C. The van der Waals surface area contributed by atoms with Gasteiger partial charge in [0.25, 0.3) is 10.8 Å². The number of benzene rings is 1. The second kappa shape index (κ2) is 8.16. The van der Waals surface area contributed by atoms with Gasteiger partial charge in [-0.1, -0.05) is 19.9 Å². The van der Waals surface area contributed by atoms with Crippen molar-refractivity contribution in [1.29, 1.82) is 0 Å². The van der Waals surface area contributed by atoms with Gasteiger partial charge in [-0.2, -0.15) is 0 Å². The van der Waals surface area contributed by atoms with Crippen LogP contribution in [0.4, 0.5) is 5.69 Å². The average Bonchev–Trinajstić information content (AvgIpc) is 2.80. The van der Waals surface area contributed by atoms with Gasteiger partial charge in [0.15, 0.2) is 11.4 Å². The smallest absolute Gasteiger partial charge is 0.358 e. The third-order valence-electron chi connectivity index (χ3n) is 7.21. The molecule has 1 aromatic carbocycles. The van der Waals surface area contributed by atoms with Crippen molar-refractivity contribution in [2.45, 2.75) is 44.3 Å². The summed E-state index contributed by atoms with van der Waals surface area (Å²) in [5.74, 6) is -11.1. The maximum absolute atomic E-state index is 13.6. The van der Waals surface area contributed by atoms with Crippen LogP contribution in [0.1, 0.15) is 48.5 Å². The standard InChI is InChI=1S/C23H22N2O11/c1-3-12(27)36-19-9-6-11(26)15(22(24)32)20(30)23(9,33)21(31)16-13(19)7(2)8-4-5-10(25(34)35)17(28)14(8)18(16)29/h4-5,7,9,13,19,33H,3,6H2,1-2H3,(H5-,24,26,28,29,30,31,32,34,35)/p+1/t7-,9+,13+,19+,23+/m0/s1. The summed E-state index contributed by atoms with van der Waals surface area (Å²) in [5.41, 5.74) is -0.349. The van der Waals surface area contributed by atoms with Crippen LogP contribution in [0.2, 0.25) is 0 Å². The Morgan fingerprint density at radius 2 is 1.86 bits per heavy atom. The first-order valence-corrected chi connectivity index (χ1v) is 11.0. The van der Waals surface area contributed by atoms with Gasteiger partial charge in [-0.15, -0.1) is 0 Å². The highest BCUT2D eigenvalue weighted by Crippen LogP contribution is 2.56. The van der Waals surface area contributed by atoms with E-state index in [0.29, 0.717) is 0 Å². The van der Waals surface area contributed by atoms with Crippen LogP contribution in [0.15, 0.2) is 34.8 Å². The summed E-state index contributed by atoms with van der Waals surface area (Å²) in [6.07, 6.45) is -2.17. The van der Waals surface area contributed by atoms with Crippen molar-refractivity contribution in [2.24, 2.45) is 17.6 Å². The Balaban J connectivity index is 2.04. The number of rotatable bonds is 4. The van der Waals surface area contributed by atoms with Crippen LogP contribution < -0.4 is 5.73 Å². The summed E-state index contributed by atoms with van der Waals surface area (Å²) in [5, 5.41) is 53.0. The molecule has 3 aliphatic rings. The van der Waals surface area contributed by atoms with E-state index in [-0.39, 0.29) is 12.0 Å². The Hall–Kier alpha value is -4.26. The van der Waals surface area contributed by atoms with Gasteiger partial charge in [-0.25, -0.2) is 5.21 Å². The van der Waals surface area contributed by atoms with E-state index >= 15 is 0 Å². The molecule has 0 fully saturated rings. The molecule has 13 nitrogen and oxygen atoms in total. The van der Waals surface area contributed by atoms with Crippen LogP contribution in [-0.2, 0) is 19.1 Å². The lowest BCUT2D eigenvalue weighted by molar-refractivity contribution is -0.730. The maximum Gasteiger partial charge on any atom is 0.358 e. The van der Waals surface area contributed by atoms with Crippen LogP contribution >= 0.6 is 0 Å². The van der Waals surface area contributed by atoms with Gasteiger partial charge in [0.05, 0.1) is 10.5 Å². The zero-order chi connectivity index (χ0) is 26.9. The number of aliphatic hydroxyl groups is 3. The first-order valence-electron chi connectivity index (χ1n) is 11.0. The van der Waals surface area contributed by atoms with Crippen LogP contribution in [0.25, 0.3) is 0 Å². The fraction of sp³-hybridized carbons (Fsp3) is 0.391. The minimum absolute atomic E-state index is 0.124. The molecular weight excluding hydrogens is 480 g/mol. The third-order valence-corrected chi connectivity index (χ3v) is 7.21. The Labute approximate surface area is 202 Å². The number of ether oxygens (including phenoxy) is 1. The number of fused-ring (bicyclic) bond motifs is 3. The largest absolute Gasteiger partial charge is 0.511 e. The molecule has 0 saturated heterocycles. The van der Waals surface area contributed by atoms with E-state index < -0.39 is 104 Å². The molecule has 1 amide bonds. The second-order valence-electron chi connectivity index (χ2n) is 8.98. The summed E-state index contributed by atoms with van der Waals surface area (Å²) in [6, 6.07) is 2.35. The van der Waals surface area contributed by atoms with E-state index in [1.165, 1.54) is 13.0 Å². The number of hydrogen-bond donors (Lipinski definition) is 6. The molecule has 0 aromatic heterocycles. The summed E-state index contributed by atoms with van der Waals surface area (Å²) >= 11 is 0. The molecule has 0 spiro atoms. The molecule has 3 aliphatic carbocycles. The number of carbonyl (C=O) groups excluding carboxylic acids is 4. The van der Waals surface area contributed by atoms with Gasteiger partial charge in [-0.05, 0) is 11.5 Å². The Bertz CT molecular complexity index is 1330. The second-order valence-corrected chi connectivity index (χ2v) is 8.98. The van der Waals surface area contributed by atoms with Crippen LogP contribution in [0, 0.1) is 16.7 Å². The Kier molecular flexibility index (Phi) is 5.63. The van der Waals surface area contributed by atoms with Crippen LogP contribution in [-0.4, -0.2) is 65.7 Å². The number of carbonyl (C=O) groups is 4. The molecule has 0 saturated carbocycles. The normalized spacial score (nSPS) is 29.3. The summed E-state index contributed by atoms with van der Waals surface area (Å²) in [6.45, 7) is 3.04. The van der Waals surface area contributed by atoms with Crippen molar-refractivity contribution in [3.63, 3.8) is 0 Å². The quantitative estimate of drug-likeness (QED) is 0.192. The molecule has 4 rings (SSSR count). The topological polar surface area (TPSA) is 225 Å². The van der Waals surface area contributed by atoms with Gasteiger partial charge in [0, 0.05) is 36.3 Å². The van der Waals surface area contributed by atoms with Gasteiger partial charge >= 0.3 is 11.7 Å². The van der Waals surface area contributed by atoms with Crippen molar-refractivity contribution in [3.8, 4) is 5.75 Å². The molecule has 0 bridgehead atoms. The number of phenolic OH excluding ortho intramolecular Hbond substituents is 1. The van der Waals surface area contributed by atoms with Crippen molar-refractivity contribution in [3.05, 3.63) is 50.8 Å². The maximum atomic E-state index is 13.6. The van der Waals surface area contributed by atoms with E-state index in [1.54, 1.807) is 6.92 Å². The third kappa shape index (κ3) is 3.12. The monoisotopic (exact) mass is 503 g/mol. The molecule has 0 unspecified atom stereocenters. The van der Waals surface area contributed by atoms with Crippen LogP contribution in [0.3, 0.4) is 0 Å². The zero-order valence-corrected chi connectivity index (χ0v) is 19.1. The van der Waals surface area contributed by atoms with Crippen molar-refractivity contribution in [1.82, 2.24) is 0 Å². The number of allylic oxidation sites excluding steroid dienone is 1. The Morgan fingerprint density at radius 1 is 1.22 bits per heavy atom. The van der Waals surface area contributed by atoms with E-state index in [9.17, 15) is 49.7 Å². The lowest BCUT2D eigenvalue weighted by Crippen LogP contribution is -2.63. The first-order chi connectivity index (χ1) is 16.8. The number of aliphatic hydroxyl groups excluding tert-OH is 2. The predicted molar refractivity (Wildman–Crippen MR) is 116 cm³/mol. The number of ketones is 2. The number of esters is 1. The summed E-state index contributed by atoms with van der Waals surface area (Å²) in [7, 11) is 0. The fourth-order valence-electron chi connectivity index (χ4n) is 5.50. The van der Waals surface area contributed by atoms with Crippen molar-refractivity contribution in [2.75, 3.05) is 0 Å². The molecule has 0 heterocycles. The van der Waals surface area contributed by atoms with Gasteiger partial charge in [0.1, 0.15) is 23.2 Å². The first kappa shape index (κ1) is 24.9. The average molecular weight is 503 g/mol. The molecule has 5 atom stereocenters. The number of amides is 1. The molecule has 190 valence electrons. The van der Waals surface area contributed by atoms with Crippen LogP contribution in [0.5, 0.6) is 5.75 Å². The molecule has 1 aromatic rings. The molecule has 0 radical (unpaired) electrons. The number of hydrogen-bond acceptors (Lipinski definition) is 10. The minimum Gasteiger partial charge on any atom is -0.511 e. The highest BCUT2D eigenvalue weighted by atomic mass is 16.6. The number of nitrogens with two attached hydrogens (primary N) is 1. The summed E-state index contributed by atoms with van der Waals surface area (Å²) < 4.78 is 5.55. The van der Waals surface area contributed by atoms with Gasteiger partial charge in [-0.3, -0.25) is 19.2 Å². The van der Waals surface area contributed by atoms with Gasteiger partial charge in [0.2, 0.25) is 11.5 Å². The highest BCUT2D eigenvalue weighted by molar-refractivity contribution is 6.24. The lowest BCUT2D eigenvalue weighted by atomic mass is 9.56. The molecule has 7 N–H and O–H groups in total. The minimum atomic E-state index is -2.98. The van der Waals surface area contributed by atoms with Gasteiger partial charge < -0.3 is 30.9 Å². The molecule has 13 heteroatoms. The van der Waals surface area contributed by atoms with Crippen molar-refractivity contribution >= 4 is 29.1 Å². The number of aromatic hydroxyl groups is 1. The lowest BCUT2D eigenvalue weighted by Gasteiger charge is -2.51. The number of phenols is 1. The Morgan fingerprint density at radius 3 is 2.42 bits per heavy atom. The summed E-state index contributed by atoms with van der Waals surface area (Å²) in [4.78, 5) is 61.8. The van der Waals surface area contributed by atoms with E-state index in [0.717, 1.165) is 6.07 Å². The highest BCUT2D eigenvalue weighted by Gasteiger charge is 2.65. The molecule has 0 aliphatic heterocycles. The fourth-order valence-corrected chi connectivity index (χ4v) is 5.50. The number of Topliss-reactive ketones (excluding diaryl/α,β-unsaturated/α-hetero) is 2.